The molecule has 2 aromatic rings. The minimum absolute atomic E-state index is 0.155. The summed E-state index contributed by atoms with van der Waals surface area (Å²) in [5, 5.41) is 3.46. The molecule has 3 heteroatoms. The van der Waals surface area contributed by atoms with Gasteiger partial charge in [-0.1, -0.05) is 25.1 Å². The van der Waals surface area contributed by atoms with Gasteiger partial charge in [-0.2, -0.15) is 0 Å². The van der Waals surface area contributed by atoms with Gasteiger partial charge in [0.1, 0.15) is 5.82 Å². The van der Waals surface area contributed by atoms with E-state index >= 15 is 0 Å². The fraction of sp³-hybridized carbons (Fsp3) is 0.353. The first-order valence-corrected chi connectivity index (χ1v) is 7.01. The first kappa shape index (κ1) is 14.7. The van der Waals surface area contributed by atoms with Crippen LogP contribution in [0.2, 0.25) is 0 Å². The Hall–Kier alpha value is -1.74. The lowest BCUT2D eigenvalue weighted by atomic mass is 9.98. The number of rotatable bonds is 5. The summed E-state index contributed by atoms with van der Waals surface area (Å²) >= 11 is 0. The first-order chi connectivity index (χ1) is 9.61. The topological polar surface area (TPSA) is 24.9 Å². The third kappa shape index (κ3) is 3.42. The monoisotopic (exact) mass is 272 g/mol. The summed E-state index contributed by atoms with van der Waals surface area (Å²) in [5.41, 5.74) is 4.06. The second-order valence-corrected chi connectivity index (χ2v) is 5.09. The molecule has 1 aromatic heterocycles. The fourth-order valence-corrected chi connectivity index (χ4v) is 2.36. The van der Waals surface area contributed by atoms with Crippen LogP contribution in [0.25, 0.3) is 0 Å². The highest BCUT2D eigenvalue weighted by Crippen LogP contribution is 2.21. The van der Waals surface area contributed by atoms with Crippen molar-refractivity contribution in [2.75, 3.05) is 6.54 Å². The van der Waals surface area contributed by atoms with Gasteiger partial charge in [-0.15, -0.1) is 0 Å². The molecule has 1 heterocycles. The van der Waals surface area contributed by atoms with Gasteiger partial charge in [0.05, 0.1) is 0 Å². The van der Waals surface area contributed by atoms with E-state index in [0.717, 1.165) is 24.2 Å². The standard InChI is InChI=1S/C17H21FN2/c1-4-19-17(11-16-12(2)6-5-9-20-16)14-7-8-15(18)13(3)10-14/h5-10,17,19H,4,11H2,1-3H3. The summed E-state index contributed by atoms with van der Waals surface area (Å²) in [6.45, 7) is 6.82. The highest BCUT2D eigenvalue weighted by molar-refractivity contribution is 5.29. The molecule has 0 fully saturated rings. The van der Waals surface area contributed by atoms with Crippen LogP contribution in [0.1, 0.15) is 35.3 Å². The molecule has 0 aliphatic carbocycles. The van der Waals surface area contributed by atoms with Gasteiger partial charge >= 0.3 is 0 Å². The van der Waals surface area contributed by atoms with Crippen molar-refractivity contribution in [2.45, 2.75) is 33.2 Å². The maximum Gasteiger partial charge on any atom is 0.126 e. The zero-order valence-corrected chi connectivity index (χ0v) is 12.3. The van der Waals surface area contributed by atoms with E-state index in [1.54, 1.807) is 13.0 Å². The molecule has 0 spiro atoms. The van der Waals surface area contributed by atoms with Gasteiger partial charge in [-0.25, -0.2) is 4.39 Å². The van der Waals surface area contributed by atoms with Crippen molar-refractivity contribution in [3.05, 3.63) is 64.7 Å². The second kappa shape index (κ2) is 6.62. The number of aromatic nitrogens is 1. The van der Waals surface area contributed by atoms with Crippen LogP contribution in [0, 0.1) is 19.7 Å². The van der Waals surface area contributed by atoms with Crippen LogP contribution in [0.4, 0.5) is 4.39 Å². The van der Waals surface area contributed by atoms with Crippen LogP contribution in [0.3, 0.4) is 0 Å². The average molecular weight is 272 g/mol. The van der Waals surface area contributed by atoms with Gasteiger partial charge in [0.15, 0.2) is 0 Å². The lowest BCUT2D eigenvalue weighted by Gasteiger charge is -2.19. The first-order valence-electron chi connectivity index (χ1n) is 7.01. The maximum absolute atomic E-state index is 13.4. The fourth-order valence-electron chi connectivity index (χ4n) is 2.36. The van der Waals surface area contributed by atoms with Gasteiger partial charge < -0.3 is 5.32 Å². The normalized spacial score (nSPS) is 12.4. The summed E-state index contributed by atoms with van der Waals surface area (Å²) in [4.78, 5) is 4.45. The smallest absolute Gasteiger partial charge is 0.126 e. The van der Waals surface area contributed by atoms with E-state index in [1.807, 2.05) is 24.4 Å². The SMILES string of the molecule is CCNC(Cc1ncccc1C)c1ccc(F)c(C)c1. The highest BCUT2D eigenvalue weighted by Gasteiger charge is 2.14. The molecule has 1 N–H and O–H groups in total. The number of likely N-dealkylation sites (N-methyl/N-ethyl adjacent to an activating group) is 1. The molecular weight excluding hydrogens is 251 g/mol. The molecule has 0 bridgehead atoms. The molecule has 2 nitrogen and oxygen atoms in total. The molecule has 1 atom stereocenters. The molecule has 0 aliphatic rings. The van der Waals surface area contributed by atoms with Crippen LogP contribution >= 0.6 is 0 Å². The van der Waals surface area contributed by atoms with Crippen molar-refractivity contribution in [1.29, 1.82) is 0 Å². The molecule has 20 heavy (non-hydrogen) atoms. The van der Waals surface area contributed by atoms with Crippen LogP contribution in [-0.2, 0) is 6.42 Å². The number of hydrogen-bond donors (Lipinski definition) is 1. The third-order valence-electron chi connectivity index (χ3n) is 3.55. The van der Waals surface area contributed by atoms with E-state index < -0.39 is 0 Å². The van der Waals surface area contributed by atoms with Crippen LogP contribution in [0.5, 0.6) is 0 Å². The van der Waals surface area contributed by atoms with Gasteiger partial charge in [0, 0.05) is 24.4 Å². The summed E-state index contributed by atoms with van der Waals surface area (Å²) in [7, 11) is 0. The molecule has 0 amide bonds. The number of halogens is 1. The van der Waals surface area contributed by atoms with E-state index in [2.05, 4.69) is 30.2 Å². The quantitative estimate of drug-likeness (QED) is 0.897. The Morgan fingerprint density at radius 1 is 1.20 bits per heavy atom. The molecule has 2 rings (SSSR count). The van der Waals surface area contributed by atoms with Crippen molar-refractivity contribution in [3.63, 3.8) is 0 Å². The Morgan fingerprint density at radius 2 is 2.00 bits per heavy atom. The van der Waals surface area contributed by atoms with Gasteiger partial charge in [0.2, 0.25) is 0 Å². The zero-order valence-electron chi connectivity index (χ0n) is 12.3. The Labute approximate surface area is 120 Å². The van der Waals surface area contributed by atoms with Gasteiger partial charge in [0.25, 0.3) is 0 Å². The van der Waals surface area contributed by atoms with Crippen LogP contribution in [0.15, 0.2) is 36.5 Å². The number of benzene rings is 1. The molecule has 1 unspecified atom stereocenters. The minimum Gasteiger partial charge on any atom is -0.310 e. The Balaban J connectivity index is 2.27. The summed E-state index contributed by atoms with van der Waals surface area (Å²) < 4.78 is 13.4. The van der Waals surface area contributed by atoms with Crippen molar-refractivity contribution in [3.8, 4) is 0 Å². The molecule has 106 valence electrons. The van der Waals surface area contributed by atoms with E-state index in [0.29, 0.717) is 5.56 Å². The highest BCUT2D eigenvalue weighted by atomic mass is 19.1. The van der Waals surface area contributed by atoms with Crippen LogP contribution < -0.4 is 5.32 Å². The summed E-state index contributed by atoms with van der Waals surface area (Å²) in [5.74, 6) is -0.155. The van der Waals surface area contributed by atoms with Crippen LogP contribution in [-0.4, -0.2) is 11.5 Å². The number of nitrogens with zero attached hydrogens (tertiary/aromatic N) is 1. The molecule has 1 aromatic carbocycles. The van der Waals surface area contributed by atoms with Crippen molar-refractivity contribution < 1.29 is 4.39 Å². The van der Waals surface area contributed by atoms with Crippen molar-refractivity contribution in [1.82, 2.24) is 10.3 Å². The largest absolute Gasteiger partial charge is 0.310 e. The third-order valence-corrected chi connectivity index (χ3v) is 3.55. The lowest BCUT2D eigenvalue weighted by Crippen LogP contribution is -2.23. The average Bonchev–Trinajstić information content (AvgIpc) is 2.44. The van der Waals surface area contributed by atoms with E-state index in [9.17, 15) is 4.39 Å². The lowest BCUT2D eigenvalue weighted by molar-refractivity contribution is 0.539. The Kier molecular flexibility index (Phi) is 4.85. The number of nitrogens with one attached hydrogen (secondary N) is 1. The molecule has 0 radical (unpaired) electrons. The molecular formula is C17H21FN2. The summed E-state index contributed by atoms with van der Waals surface area (Å²) in [6.07, 6.45) is 2.63. The summed E-state index contributed by atoms with van der Waals surface area (Å²) in [6, 6.07) is 9.49. The van der Waals surface area contributed by atoms with E-state index in [1.165, 1.54) is 5.56 Å². The predicted octanol–water partition coefficient (Wildman–Crippen LogP) is 3.73. The second-order valence-electron chi connectivity index (χ2n) is 5.09. The zero-order chi connectivity index (χ0) is 14.5. The Bertz CT molecular complexity index is 581. The number of aryl methyl sites for hydroxylation is 2. The number of pyridine rings is 1. The van der Waals surface area contributed by atoms with E-state index in [-0.39, 0.29) is 11.9 Å². The maximum atomic E-state index is 13.4. The molecule has 0 saturated carbocycles. The van der Waals surface area contributed by atoms with Gasteiger partial charge in [-0.3, -0.25) is 4.98 Å². The predicted molar refractivity (Wildman–Crippen MR) is 80.2 cm³/mol. The molecule has 0 saturated heterocycles. The van der Waals surface area contributed by atoms with E-state index in [4.69, 9.17) is 0 Å². The van der Waals surface area contributed by atoms with Crippen molar-refractivity contribution >= 4 is 0 Å². The van der Waals surface area contributed by atoms with Crippen molar-refractivity contribution in [2.24, 2.45) is 0 Å². The van der Waals surface area contributed by atoms with Gasteiger partial charge in [-0.05, 0) is 49.2 Å². The Morgan fingerprint density at radius 3 is 2.65 bits per heavy atom. The minimum atomic E-state index is -0.155. The number of hydrogen-bond acceptors (Lipinski definition) is 2. The molecule has 0 aliphatic heterocycles.